The van der Waals surface area contributed by atoms with Crippen LogP contribution in [0, 0.1) is 0 Å². The van der Waals surface area contributed by atoms with Crippen LogP contribution in [-0.2, 0) is 4.74 Å². The summed E-state index contributed by atoms with van der Waals surface area (Å²) in [7, 11) is 5.38. The molecule has 0 aliphatic rings. The monoisotopic (exact) mass is 238 g/mol. The molecule has 1 aromatic rings. The van der Waals surface area contributed by atoms with Crippen molar-refractivity contribution in [3.05, 3.63) is 18.1 Å². The molecule has 0 radical (unpaired) electrons. The molecule has 0 aliphatic carbocycles. The second kappa shape index (κ2) is 6.80. The van der Waals surface area contributed by atoms with E-state index in [4.69, 9.17) is 0 Å². The zero-order valence-corrected chi connectivity index (χ0v) is 10.4. The van der Waals surface area contributed by atoms with Crippen LogP contribution in [-0.4, -0.2) is 55.1 Å². The van der Waals surface area contributed by atoms with E-state index in [-0.39, 0.29) is 5.69 Å². The fourth-order valence-corrected chi connectivity index (χ4v) is 1.24. The number of rotatable bonds is 6. The van der Waals surface area contributed by atoms with Crippen molar-refractivity contribution < 1.29 is 9.53 Å². The molecule has 17 heavy (non-hydrogen) atoms. The molecule has 1 aromatic heterocycles. The zero-order chi connectivity index (χ0) is 12.7. The molecule has 0 fully saturated rings. The molecule has 0 atom stereocenters. The summed E-state index contributed by atoms with van der Waals surface area (Å²) in [5, 5.41) is 3.13. The van der Waals surface area contributed by atoms with Gasteiger partial charge in [-0.1, -0.05) is 0 Å². The SMILES string of the molecule is COC(=O)c1cnc(NCCCN(C)C)cn1. The van der Waals surface area contributed by atoms with Gasteiger partial charge in [0, 0.05) is 6.54 Å². The van der Waals surface area contributed by atoms with Gasteiger partial charge in [-0.2, -0.15) is 0 Å². The Bertz CT molecular complexity index is 351. The molecule has 0 unspecified atom stereocenters. The molecule has 6 heteroatoms. The topological polar surface area (TPSA) is 67.3 Å². The smallest absolute Gasteiger partial charge is 0.358 e. The van der Waals surface area contributed by atoms with E-state index in [9.17, 15) is 4.79 Å². The minimum Gasteiger partial charge on any atom is -0.464 e. The second-order valence-corrected chi connectivity index (χ2v) is 3.86. The highest BCUT2D eigenvalue weighted by Gasteiger charge is 2.06. The van der Waals surface area contributed by atoms with Gasteiger partial charge in [0.1, 0.15) is 5.82 Å². The van der Waals surface area contributed by atoms with E-state index in [0.29, 0.717) is 5.82 Å². The highest BCUT2D eigenvalue weighted by atomic mass is 16.5. The third kappa shape index (κ3) is 4.78. The van der Waals surface area contributed by atoms with Crippen molar-refractivity contribution in [2.24, 2.45) is 0 Å². The van der Waals surface area contributed by atoms with Crippen LogP contribution in [0.2, 0.25) is 0 Å². The van der Waals surface area contributed by atoms with Crippen LogP contribution >= 0.6 is 0 Å². The van der Waals surface area contributed by atoms with E-state index in [1.807, 2.05) is 14.1 Å². The van der Waals surface area contributed by atoms with E-state index in [0.717, 1.165) is 19.5 Å². The number of hydrogen-bond donors (Lipinski definition) is 1. The third-order valence-electron chi connectivity index (χ3n) is 2.13. The van der Waals surface area contributed by atoms with Crippen LogP contribution in [0.4, 0.5) is 5.82 Å². The fraction of sp³-hybridized carbons (Fsp3) is 0.545. The van der Waals surface area contributed by atoms with Crippen molar-refractivity contribution in [1.82, 2.24) is 14.9 Å². The highest BCUT2D eigenvalue weighted by molar-refractivity contribution is 5.86. The Morgan fingerprint density at radius 2 is 2.18 bits per heavy atom. The van der Waals surface area contributed by atoms with Crippen LogP contribution in [0.5, 0.6) is 0 Å². The van der Waals surface area contributed by atoms with Crippen molar-refractivity contribution in [3.8, 4) is 0 Å². The third-order valence-corrected chi connectivity index (χ3v) is 2.13. The van der Waals surface area contributed by atoms with E-state index < -0.39 is 5.97 Å². The molecule has 6 nitrogen and oxygen atoms in total. The summed E-state index contributed by atoms with van der Waals surface area (Å²) in [6, 6.07) is 0. The minimum atomic E-state index is -0.475. The van der Waals surface area contributed by atoms with E-state index in [1.54, 1.807) is 0 Å². The van der Waals surface area contributed by atoms with Crippen LogP contribution in [0.15, 0.2) is 12.4 Å². The lowest BCUT2D eigenvalue weighted by molar-refractivity contribution is 0.0593. The number of carbonyl (C=O) groups is 1. The maximum absolute atomic E-state index is 11.1. The van der Waals surface area contributed by atoms with Gasteiger partial charge in [0.25, 0.3) is 0 Å². The predicted molar refractivity (Wildman–Crippen MR) is 65.0 cm³/mol. The summed E-state index contributed by atoms with van der Waals surface area (Å²) in [4.78, 5) is 21.3. The fourth-order valence-electron chi connectivity index (χ4n) is 1.24. The maximum Gasteiger partial charge on any atom is 0.358 e. The van der Waals surface area contributed by atoms with Gasteiger partial charge in [0.05, 0.1) is 19.5 Å². The number of nitrogens with one attached hydrogen (secondary N) is 1. The normalized spacial score (nSPS) is 10.4. The van der Waals surface area contributed by atoms with Crippen LogP contribution in [0.1, 0.15) is 16.9 Å². The van der Waals surface area contributed by atoms with Crippen LogP contribution in [0.3, 0.4) is 0 Å². The van der Waals surface area contributed by atoms with E-state index >= 15 is 0 Å². The Balaban J connectivity index is 2.38. The largest absolute Gasteiger partial charge is 0.464 e. The van der Waals surface area contributed by atoms with E-state index in [1.165, 1.54) is 19.5 Å². The molecule has 0 aliphatic heterocycles. The number of carbonyl (C=O) groups excluding carboxylic acids is 1. The lowest BCUT2D eigenvalue weighted by Gasteiger charge is -2.09. The summed E-state index contributed by atoms with van der Waals surface area (Å²) in [6.07, 6.45) is 3.95. The van der Waals surface area contributed by atoms with Crippen LogP contribution in [0.25, 0.3) is 0 Å². The average molecular weight is 238 g/mol. The van der Waals surface area contributed by atoms with Crippen molar-refractivity contribution in [1.29, 1.82) is 0 Å². The minimum absolute atomic E-state index is 0.214. The number of esters is 1. The predicted octanol–water partition coefficient (Wildman–Crippen LogP) is 0.627. The molecule has 0 spiro atoms. The van der Waals surface area contributed by atoms with Gasteiger partial charge in [0.15, 0.2) is 5.69 Å². The Morgan fingerprint density at radius 3 is 2.71 bits per heavy atom. The van der Waals surface area contributed by atoms with Gasteiger partial charge >= 0.3 is 5.97 Å². The van der Waals surface area contributed by atoms with Crippen molar-refractivity contribution in [3.63, 3.8) is 0 Å². The number of nitrogens with zero attached hydrogens (tertiary/aromatic N) is 3. The molecule has 0 bridgehead atoms. The summed E-state index contributed by atoms with van der Waals surface area (Å²) in [6.45, 7) is 1.84. The number of anilines is 1. The van der Waals surface area contributed by atoms with Crippen molar-refractivity contribution >= 4 is 11.8 Å². The van der Waals surface area contributed by atoms with Gasteiger partial charge in [-0.3, -0.25) is 0 Å². The Kier molecular flexibility index (Phi) is 5.35. The average Bonchev–Trinajstić information content (AvgIpc) is 2.34. The quantitative estimate of drug-likeness (QED) is 0.579. The maximum atomic E-state index is 11.1. The molecule has 94 valence electrons. The summed E-state index contributed by atoms with van der Waals surface area (Å²) < 4.78 is 4.53. The molecule has 0 aromatic carbocycles. The number of aromatic nitrogens is 2. The molecule has 0 saturated heterocycles. The van der Waals surface area contributed by atoms with Crippen molar-refractivity contribution in [2.45, 2.75) is 6.42 Å². The Labute approximate surface area is 101 Å². The molecule has 1 rings (SSSR count). The number of methoxy groups -OCH3 is 1. The first kappa shape index (κ1) is 13.4. The summed E-state index contributed by atoms with van der Waals surface area (Å²) in [5.74, 6) is 0.188. The standard InChI is InChI=1S/C11H18N4O2/c1-15(2)6-4-5-12-10-8-13-9(7-14-10)11(16)17-3/h7-8H,4-6H2,1-3H3,(H,12,14). The van der Waals surface area contributed by atoms with Gasteiger partial charge in [-0.05, 0) is 27.1 Å². The zero-order valence-electron chi connectivity index (χ0n) is 10.4. The lowest BCUT2D eigenvalue weighted by Crippen LogP contribution is -2.16. The molecular weight excluding hydrogens is 220 g/mol. The number of ether oxygens (including phenoxy) is 1. The number of hydrogen-bond acceptors (Lipinski definition) is 6. The van der Waals surface area contributed by atoms with Crippen LogP contribution < -0.4 is 5.32 Å². The highest BCUT2D eigenvalue weighted by Crippen LogP contribution is 2.02. The Morgan fingerprint density at radius 1 is 1.41 bits per heavy atom. The molecular formula is C11H18N4O2. The first-order chi connectivity index (χ1) is 8.13. The second-order valence-electron chi connectivity index (χ2n) is 3.86. The van der Waals surface area contributed by atoms with E-state index in [2.05, 4.69) is 24.9 Å². The molecule has 0 saturated carbocycles. The summed E-state index contributed by atoms with van der Waals surface area (Å²) in [5.41, 5.74) is 0.214. The first-order valence-electron chi connectivity index (χ1n) is 5.42. The molecule has 0 amide bonds. The van der Waals surface area contributed by atoms with Gasteiger partial charge in [0.2, 0.25) is 0 Å². The first-order valence-corrected chi connectivity index (χ1v) is 5.42. The van der Waals surface area contributed by atoms with Gasteiger partial charge < -0.3 is 15.0 Å². The lowest BCUT2D eigenvalue weighted by atomic mass is 10.4. The van der Waals surface area contributed by atoms with Gasteiger partial charge in [-0.25, -0.2) is 14.8 Å². The van der Waals surface area contributed by atoms with Gasteiger partial charge in [-0.15, -0.1) is 0 Å². The molecule has 1 heterocycles. The summed E-state index contributed by atoms with van der Waals surface area (Å²) >= 11 is 0. The molecule has 1 N–H and O–H groups in total. The Hall–Kier alpha value is -1.69. The van der Waals surface area contributed by atoms with Crippen molar-refractivity contribution in [2.75, 3.05) is 39.6 Å².